The van der Waals surface area contributed by atoms with Crippen molar-refractivity contribution in [3.63, 3.8) is 0 Å². The number of anilines is 3. The lowest BCUT2D eigenvalue weighted by atomic mass is 10.3. The van der Waals surface area contributed by atoms with Crippen LogP contribution < -0.4 is 10.6 Å². The highest BCUT2D eigenvalue weighted by Crippen LogP contribution is 2.34. The van der Waals surface area contributed by atoms with Gasteiger partial charge in [0.15, 0.2) is 0 Å². The first-order valence-electron chi connectivity index (χ1n) is 5.14. The van der Waals surface area contributed by atoms with Crippen molar-refractivity contribution < 1.29 is 4.39 Å². The molecule has 0 saturated carbocycles. The predicted octanol–water partition coefficient (Wildman–Crippen LogP) is 4.42. The minimum atomic E-state index is -0.389. The lowest BCUT2D eigenvalue weighted by molar-refractivity contribution is 0.627. The van der Waals surface area contributed by atoms with Crippen LogP contribution in [0.15, 0.2) is 35.1 Å². The molecule has 2 N–H and O–H groups in total. The van der Waals surface area contributed by atoms with Crippen molar-refractivity contribution in [1.82, 2.24) is 4.98 Å². The van der Waals surface area contributed by atoms with E-state index < -0.39 is 0 Å². The van der Waals surface area contributed by atoms with E-state index in [0.29, 0.717) is 15.2 Å². The van der Waals surface area contributed by atoms with E-state index in [1.54, 1.807) is 12.4 Å². The van der Waals surface area contributed by atoms with Crippen LogP contribution in [-0.2, 0) is 0 Å². The smallest absolute Gasteiger partial charge is 0.125 e. The average molecular weight is 331 g/mol. The number of hydrogen-bond acceptors (Lipinski definition) is 3. The van der Waals surface area contributed by atoms with Gasteiger partial charge < -0.3 is 10.6 Å². The summed E-state index contributed by atoms with van der Waals surface area (Å²) in [5, 5.41) is 6.38. The summed E-state index contributed by atoms with van der Waals surface area (Å²) < 4.78 is 13.7. The Morgan fingerprint density at radius 1 is 1.22 bits per heavy atom. The standard InChI is InChI=1S/C12H10BrClFN3/c1-16-8-4-9(6-17-5-8)18-12-10(13)2-7(15)3-11(12)14/h2-6,16,18H,1H3. The zero-order chi connectivity index (χ0) is 13.1. The number of nitrogens with one attached hydrogen (secondary N) is 2. The minimum absolute atomic E-state index is 0.303. The predicted molar refractivity (Wildman–Crippen MR) is 76.2 cm³/mol. The van der Waals surface area contributed by atoms with Crippen molar-refractivity contribution in [2.24, 2.45) is 0 Å². The van der Waals surface area contributed by atoms with Crippen LogP contribution in [0.5, 0.6) is 0 Å². The first-order valence-corrected chi connectivity index (χ1v) is 6.31. The summed E-state index contributed by atoms with van der Waals surface area (Å²) in [6, 6.07) is 4.48. The Balaban J connectivity index is 2.33. The molecule has 0 aliphatic heterocycles. The Hall–Kier alpha value is -1.33. The van der Waals surface area contributed by atoms with Gasteiger partial charge in [-0.3, -0.25) is 4.98 Å². The van der Waals surface area contributed by atoms with Crippen LogP contribution in [0.25, 0.3) is 0 Å². The Labute approximate surface area is 118 Å². The zero-order valence-electron chi connectivity index (χ0n) is 9.47. The molecule has 0 bridgehead atoms. The molecular formula is C12H10BrClFN3. The maximum atomic E-state index is 13.1. The number of aromatic nitrogens is 1. The molecule has 0 aliphatic rings. The molecule has 1 aromatic carbocycles. The van der Waals surface area contributed by atoms with Crippen molar-refractivity contribution in [1.29, 1.82) is 0 Å². The molecule has 94 valence electrons. The molecular weight excluding hydrogens is 321 g/mol. The summed E-state index contributed by atoms with van der Waals surface area (Å²) in [5.74, 6) is -0.389. The van der Waals surface area contributed by atoms with Gasteiger partial charge in [0.1, 0.15) is 5.82 Å². The summed E-state index contributed by atoms with van der Waals surface area (Å²) in [6.45, 7) is 0. The largest absolute Gasteiger partial charge is 0.387 e. The van der Waals surface area contributed by atoms with E-state index in [0.717, 1.165) is 11.4 Å². The van der Waals surface area contributed by atoms with Gasteiger partial charge in [-0.25, -0.2) is 4.39 Å². The molecule has 0 unspecified atom stereocenters. The second-order valence-electron chi connectivity index (χ2n) is 3.58. The molecule has 0 radical (unpaired) electrons. The highest BCUT2D eigenvalue weighted by atomic mass is 79.9. The molecule has 0 fully saturated rings. The molecule has 6 heteroatoms. The van der Waals surface area contributed by atoms with Gasteiger partial charge in [0.25, 0.3) is 0 Å². The van der Waals surface area contributed by atoms with Gasteiger partial charge in [-0.15, -0.1) is 0 Å². The van der Waals surface area contributed by atoms with Crippen LogP contribution in [0.2, 0.25) is 5.02 Å². The van der Waals surface area contributed by atoms with E-state index in [2.05, 4.69) is 31.5 Å². The minimum Gasteiger partial charge on any atom is -0.387 e. The fourth-order valence-corrected chi connectivity index (χ4v) is 2.35. The Bertz CT molecular complexity index is 554. The molecule has 3 nitrogen and oxygen atoms in total. The van der Waals surface area contributed by atoms with Crippen LogP contribution in [0.1, 0.15) is 0 Å². The second-order valence-corrected chi connectivity index (χ2v) is 4.84. The monoisotopic (exact) mass is 329 g/mol. The van der Waals surface area contributed by atoms with Gasteiger partial charge in [0.05, 0.1) is 34.5 Å². The number of rotatable bonds is 3. The van der Waals surface area contributed by atoms with Gasteiger partial charge in [0.2, 0.25) is 0 Å². The fraction of sp³-hybridized carbons (Fsp3) is 0.0833. The molecule has 0 amide bonds. The van der Waals surface area contributed by atoms with Gasteiger partial charge >= 0.3 is 0 Å². The van der Waals surface area contributed by atoms with E-state index in [-0.39, 0.29) is 5.82 Å². The first kappa shape index (κ1) is 13.1. The van der Waals surface area contributed by atoms with Gasteiger partial charge in [-0.2, -0.15) is 0 Å². The fourth-order valence-electron chi connectivity index (χ4n) is 1.45. The van der Waals surface area contributed by atoms with Crippen LogP contribution in [-0.4, -0.2) is 12.0 Å². The number of hydrogen-bond donors (Lipinski definition) is 2. The maximum Gasteiger partial charge on any atom is 0.125 e. The van der Waals surface area contributed by atoms with Crippen molar-refractivity contribution >= 4 is 44.6 Å². The summed E-state index contributed by atoms with van der Waals surface area (Å²) in [5.41, 5.74) is 2.23. The third-order valence-corrected chi connectivity index (χ3v) is 3.23. The van der Waals surface area contributed by atoms with E-state index in [1.807, 2.05) is 13.1 Å². The van der Waals surface area contributed by atoms with Crippen molar-refractivity contribution in [2.75, 3.05) is 17.7 Å². The Morgan fingerprint density at radius 2 is 1.94 bits per heavy atom. The number of nitrogens with zero attached hydrogens (tertiary/aromatic N) is 1. The van der Waals surface area contributed by atoms with E-state index >= 15 is 0 Å². The SMILES string of the molecule is CNc1cncc(Nc2c(Cl)cc(F)cc2Br)c1. The van der Waals surface area contributed by atoms with Crippen molar-refractivity contribution in [2.45, 2.75) is 0 Å². The summed E-state index contributed by atoms with van der Waals surface area (Å²) >= 11 is 9.26. The molecule has 2 rings (SSSR count). The van der Waals surface area contributed by atoms with Crippen LogP contribution in [0.3, 0.4) is 0 Å². The Kier molecular flexibility index (Phi) is 4.04. The van der Waals surface area contributed by atoms with Gasteiger partial charge in [-0.1, -0.05) is 11.6 Å². The molecule has 0 saturated heterocycles. The third kappa shape index (κ3) is 2.91. The normalized spacial score (nSPS) is 10.2. The molecule has 1 heterocycles. The maximum absolute atomic E-state index is 13.1. The summed E-state index contributed by atoms with van der Waals surface area (Å²) in [7, 11) is 1.81. The van der Waals surface area contributed by atoms with Gasteiger partial charge in [-0.05, 0) is 34.1 Å². The van der Waals surface area contributed by atoms with Crippen LogP contribution in [0, 0.1) is 5.82 Å². The van der Waals surface area contributed by atoms with E-state index in [1.165, 1.54) is 12.1 Å². The highest BCUT2D eigenvalue weighted by molar-refractivity contribution is 9.10. The topological polar surface area (TPSA) is 37.0 Å². The quantitative estimate of drug-likeness (QED) is 0.874. The highest BCUT2D eigenvalue weighted by Gasteiger charge is 2.08. The van der Waals surface area contributed by atoms with Crippen LogP contribution in [0.4, 0.5) is 21.5 Å². The molecule has 18 heavy (non-hydrogen) atoms. The summed E-state index contributed by atoms with van der Waals surface area (Å²) in [6.07, 6.45) is 3.36. The van der Waals surface area contributed by atoms with Crippen LogP contribution >= 0.6 is 27.5 Å². The number of halogens is 3. The molecule has 1 aromatic heterocycles. The third-order valence-electron chi connectivity index (χ3n) is 2.30. The average Bonchev–Trinajstić information content (AvgIpc) is 2.34. The molecule has 0 spiro atoms. The first-order chi connectivity index (χ1) is 8.60. The lowest BCUT2D eigenvalue weighted by Gasteiger charge is -2.11. The zero-order valence-corrected chi connectivity index (χ0v) is 11.8. The van der Waals surface area contributed by atoms with Gasteiger partial charge in [0, 0.05) is 11.5 Å². The number of benzene rings is 1. The lowest BCUT2D eigenvalue weighted by Crippen LogP contribution is -1.96. The second kappa shape index (κ2) is 5.54. The molecule has 2 aromatic rings. The van der Waals surface area contributed by atoms with E-state index in [9.17, 15) is 4.39 Å². The molecule has 0 atom stereocenters. The number of pyridine rings is 1. The van der Waals surface area contributed by atoms with E-state index in [4.69, 9.17) is 11.6 Å². The summed E-state index contributed by atoms with van der Waals surface area (Å²) in [4.78, 5) is 4.07. The Morgan fingerprint density at radius 3 is 2.61 bits per heavy atom. The molecule has 0 aliphatic carbocycles. The van der Waals surface area contributed by atoms with Crippen molar-refractivity contribution in [3.8, 4) is 0 Å². The van der Waals surface area contributed by atoms with Crippen molar-refractivity contribution in [3.05, 3.63) is 45.9 Å².